The van der Waals surface area contributed by atoms with Crippen LogP contribution in [0.15, 0.2) is 48.5 Å². The highest BCUT2D eigenvalue weighted by Crippen LogP contribution is 2.32. The van der Waals surface area contributed by atoms with E-state index in [2.05, 4.69) is 0 Å². The zero-order valence-corrected chi connectivity index (χ0v) is 11.8. The van der Waals surface area contributed by atoms with Crippen LogP contribution in [0.5, 0.6) is 0 Å². The summed E-state index contributed by atoms with van der Waals surface area (Å²) in [6.45, 7) is 0. The average molecular weight is 304 g/mol. The van der Waals surface area contributed by atoms with Crippen LogP contribution in [0, 0.1) is 5.41 Å². The van der Waals surface area contributed by atoms with Crippen LogP contribution >= 0.6 is 11.6 Å². The summed E-state index contributed by atoms with van der Waals surface area (Å²) in [7, 11) is 0. The Morgan fingerprint density at radius 3 is 2.19 bits per heavy atom. The van der Waals surface area contributed by atoms with Gasteiger partial charge in [0.1, 0.15) is 5.84 Å². The quantitative estimate of drug-likeness (QED) is 0.505. The van der Waals surface area contributed by atoms with Crippen LogP contribution < -0.4 is 11.5 Å². The van der Waals surface area contributed by atoms with Gasteiger partial charge < -0.3 is 16.6 Å². The first-order valence-electron chi connectivity index (χ1n) is 6.09. The van der Waals surface area contributed by atoms with Gasteiger partial charge in [-0.1, -0.05) is 48.0 Å². The summed E-state index contributed by atoms with van der Waals surface area (Å²) in [5.74, 6) is -1.12. The number of benzene rings is 2. The molecule has 21 heavy (non-hydrogen) atoms. The molecule has 0 fully saturated rings. The second-order valence-electron chi connectivity index (χ2n) is 4.55. The van der Waals surface area contributed by atoms with E-state index >= 15 is 0 Å². The molecule has 0 spiro atoms. The van der Waals surface area contributed by atoms with Crippen molar-refractivity contribution in [1.29, 1.82) is 5.41 Å². The van der Waals surface area contributed by atoms with Crippen molar-refractivity contribution in [3.05, 3.63) is 70.2 Å². The minimum atomic E-state index is -2.00. The first-order chi connectivity index (χ1) is 9.87. The fourth-order valence-electron chi connectivity index (χ4n) is 2.09. The van der Waals surface area contributed by atoms with Gasteiger partial charge >= 0.3 is 0 Å². The molecule has 108 valence electrons. The van der Waals surface area contributed by atoms with E-state index in [0.717, 1.165) is 0 Å². The van der Waals surface area contributed by atoms with Crippen molar-refractivity contribution in [3.8, 4) is 0 Å². The predicted molar refractivity (Wildman–Crippen MR) is 81.1 cm³/mol. The van der Waals surface area contributed by atoms with E-state index in [0.29, 0.717) is 11.1 Å². The molecule has 0 bridgehead atoms. The Labute approximate surface area is 126 Å². The summed E-state index contributed by atoms with van der Waals surface area (Å²) in [5.41, 5.74) is 9.65. The fourth-order valence-corrected chi connectivity index (χ4v) is 2.37. The van der Waals surface area contributed by atoms with Gasteiger partial charge in [0, 0.05) is 5.56 Å². The predicted octanol–water partition coefficient (Wildman–Crippen LogP) is 1.35. The number of aliphatic hydroxyl groups is 1. The van der Waals surface area contributed by atoms with Crippen molar-refractivity contribution >= 4 is 23.3 Å². The van der Waals surface area contributed by atoms with Crippen molar-refractivity contribution < 1.29 is 9.90 Å². The number of primary amides is 1. The van der Waals surface area contributed by atoms with Gasteiger partial charge in [0.2, 0.25) is 0 Å². The van der Waals surface area contributed by atoms with Crippen LogP contribution in [-0.4, -0.2) is 16.8 Å². The third-order valence-electron chi connectivity index (χ3n) is 3.23. The Morgan fingerprint density at radius 1 is 1.10 bits per heavy atom. The minimum absolute atomic E-state index is 0.163. The van der Waals surface area contributed by atoms with Gasteiger partial charge in [-0.3, -0.25) is 10.2 Å². The molecule has 6 heteroatoms. The largest absolute Gasteiger partial charge is 0.384 e. The van der Waals surface area contributed by atoms with Crippen LogP contribution in [-0.2, 0) is 10.4 Å². The number of nitrogen functional groups attached to an aromatic ring is 1. The van der Waals surface area contributed by atoms with Gasteiger partial charge in [0.05, 0.1) is 5.02 Å². The van der Waals surface area contributed by atoms with Gasteiger partial charge in [-0.15, -0.1) is 0 Å². The topological polar surface area (TPSA) is 113 Å². The molecule has 0 saturated heterocycles. The van der Waals surface area contributed by atoms with Crippen molar-refractivity contribution in [1.82, 2.24) is 0 Å². The summed E-state index contributed by atoms with van der Waals surface area (Å²) in [4.78, 5) is 11.8. The second-order valence-corrected chi connectivity index (χ2v) is 4.96. The van der Waals surface area contributed by atoms with E-state index in [4.69, 9.17) is 28.5 Å². The Balaban J connectivity index is 2.62. The van der Waals surface area contributed by atoms with Crippen molar-refractivity contribution in [2.75, 3.05) is 0 Å². The van der Waals surface area contributed by atoms with E-state index in [1.807, 2.05) is 0 Å². The van der Waals surface area contributed by atoms with Crippen LogP contribution in [0.25, 0.3) is 0 Å². The molecule has 0 aliphatic heterocycles. The Morgan fingerprint density at radius 2 is 1.71 bits per heavy atom. The number of hydrogen-bond acceptors (Lipinski definition) is 3. The lowest BCUT2D eigenvalue weighted by Gasteiger charge is -2.26. The maximum atomic E-state index is 11.8. The Bertz CT molecular complexity index is 703. The number of amidine groups is 1. The number of carbonyl (C=O) groups excluding carboxylic acids is 1. The van der Waals surface area contributed by atoms with Crippen LogP contribution in [0.3, 0.4) is 0 Å². The van der Waals surface area contributed by atoms with Crippen molar-refractivity contribution in [3.63, 3.8) is 0 Å². The number of halogens is 1. The lowest BCUT2D eigenvalue weighted by atomic mass is 9.85. The molecule has 1 unspecified atom stereocenters. The monoisotopic (exact) mass is 303 g/mol. The van der Waals surface area contributed by atoms with E-state index in [1.165, 1.54) is 18.2 Å². The van der Waals surface area contributed by atoms with Gasteiger partial charge in [-0.25, -0.2) is 0 Å². The molecular formula is C15H14ClN3O2. The zero-order valence-electron chi connectivity index (χ0n) is 11.0. The highest BCUT2D eigenvalue weighted by atomic mass is 35.5. The third-order valence-corrected chi connectivity index (χ3v) is 3.54. The zero-order chi connectivity index (χ0) is 15.6. The lowest BCUT2D eigenvalue weighted by Crippen LogP contribution is -2.42. The van der Waals surface area contributed by atoms with E-state index in [9.17, 15) is 9.90 Å². The molecule has 6 N–H and O–H groups in total. The van der Waals surface area contributed by atoms with Gasteiger partial charge in [-0.05, 0) is 23.3 Å². The standard InChI is InChI=1S/C15H14ClN3O2/c16-12-8-10(6-7-11(12)13(17)18)15(21,14(19)20)9-4-2-1-3-5-9/h1-8,21H,(H3,17,18)(H2,19,20). The molecule has 0 radical (unpaired) electrons. The molecule has 0 aromatic heterocycles. The van der Waals surface area contributed by atoms with Gasteiger partial charge in [-0.2, -0.15) is 0 Å². The molecule has 5 nitrogen and oxygen atoms in total. The fraction of sp³-hybridized carbons (Fsp3) is 0.0667. The number of nitrogens with two attached hydrogens (primary N) is 2. The normalized spacial score (nSPS) is 13.4. The Hall–Kier alpha value is -2.37. The number of nitrogens with one attached hydrogen (secondary N) is 1. The first kappa shape index (κ1) is 15.0. The summed E-state index contributed by atoms with van der Waals surface area (Å²) >= 11 is 6.04. The highest BCUT2D eigenvalue weighted by Gasteiger charge is 2.38. The molecule has 1 amide bonds. The molecule has 2 aromatic carbocycles. The summed E-state index contributed by atoms with van der Waals surface area (Å²) in [6.07, 6.45) is 0. The summed E-state index contributed by atoms with van der Waals surface area (Å²) in [5, 5.41) is 18.3. The second kappa shape index (κ2) is 5.55. The van der Waals surface area contributed by atoms with Crippen LogP contribution in [0.4, 0.5) is 0 Å². The molecule has 0 saturated carbocycles. The molecule has 0 heterocycles. The molecule has 0 aliphatic rings. The molecule has 0 aliphatic carbocycles. The smallest absolute Gasteiger partial charge is 0.258 e. The summed E-state index contributed by atoms with van der Waals surface area (Å²) < 4.78 is 0. The average Bonchev–Trinajstić information content (AvgIpc) is 2.46. The SMILES string of the molecule is N=C(N)c1ccc(C(O)(C(N)=O)c2ccccc2)cc1Cl. The highest BCUT2D eigenvalue weighted by molar-refractivity contribution is 6.34. The number of carbonyl (C=O) groups is 1. The number of hydrogen-bond donors (Lipinski definition) is 4. The molecule has 1 atom stereocenters. The van der Waals surface area contributed by atoms with E-state index < -0.39 is 11.5 Å². The van der Waals surface area contributed by atoms with Crippen LogP contribution in [0.1, 0.15) is 16.7 Å². The third kappa shape index (κ3) is 2.61. The van der Waals surface area contributed by atoms with Gasteiger partial charge in [0.25, 0.3) is 5.91 Å². The van der Waals surface area contributed by atoms with E-state index in [1.54, 1.807) is 30.3 Å². The molecule has 2 rings (SSSR count). The number of rotatable bonds is 4. The van der Waals surface area contributed by atoms with Crippen molar-refractivity contribution in [2.24, 2.45) is 11.5 Å². The maximum Gasteiger partial charge on any atom is 0.258 e. The number of amides is 1. The minimum Gasteiger partial charge on any atom is -0.384 e. The lowest BCUT2D eigenvalue weighted by molar-refractivity contribution is -0.133. The first-order valence-corrected chi connectivity index (χ1v) is 6.47. The maximum absolute atomic E-state index is 11.8. The molecular weight excluding hydrogens is 290 g/mol. The molecule has 2 aromatic rings. The van der Waals surface area contributed by atoms with Crippen LogP contribution in [0.2, 0.25) is 5.02 Å². The Kier molecular flexibility index (Phi) is 3.97. The summed E-state index contributed by atoms with van der Waals surface area (Å²) in [6, 6.07) is 12.7. The van der Waals surface area contributed by atoms with Crippen molar-refractivity contribution in [2.45, 2.75) is 5.60 Å². The van der Waals surface area contributed by atoms with E-state index in [-0.39, 0.29) is 16.4 Å². The van der Waals surface area contributed by atoms with Gasteiger partial charge in [0.15, 0.2) is 5.60 Å².